The molecule has 0 spiro atoms. The molecule has 3 rings (SSSR count). The minimum Gasteiger partial charge on any atom is -0.452 e. The Morgan fingerprint density at radius 1 is 1.18 bits per heavy atom. The van der Waals surface area contributed by atoms with Crippen LogP contribution in [0.4, 0.5) is 11.4 Å². The molecule has 0 radical (unpaired) electrons. The number of nitriles is 1. The highest BCUT2D eigenvalue weighted by Gasteiger charge is 2.22. The Bertz CT molecular complexity index is 931. The average molecular weight is 377 g/mol. The smallest absolute Gasteiger partial charge is 0.338 e. The zero-order valence-corrected chi connectivity index (χ0v) is 15.2. The fraction of sp³-hybridized carbons (Fsp3) is 0.238. The monoisotopic (exact) mass is 377 g/mol. The van der Waals surface area contributed by atoms with Gasteiger partial charge in [-0.3, -0.25) is 9.59 Å². The van der Waals surface area contributed by atoms with Gasteiger partial charge >= 0.3 is 5.97 Å². The molecular formula is C21H19N3O4. The lowest BCUT2D eigenvalue weighted by Gasteiger charge is -2.16. The van der Waals surface area contributed by atoms with E-state index in [1.807, 2.05) is 0 Å². The van der Waals surface area contributed by atoms with Gasteiger partial charge < -0.3 is 15.0 Å². The van der Waals surface area contributed by atoms with E-state index < -0.39 is 18.5 Å². The van der Waals surface area contributed by atoms with Crippen molar-refractivity contribution in [3.8, 4) is 6.07 Å². The van der Waals surface area contributed by atoms with Crippen molar-refractivity contribution in [2.75, 3.05) is 23.4 Å². The van der Waals surface area contributed by atoms with Crippen LogP contribution in [0.15, 0.2) is 48.5 Å². The first-order valence-electron chi connectivity index (χ1n) is 8.90. The number of benzene rings is 2. The van der Waals surface area contributed by atoms with Gasteiger partial charge in [-0.25, -0.2) is 4.79 Å². The number of carbonyl (C=O) groups excluding carboxylic acids is 3. The van der Waals surface area contributed by atoms with Crippen LogP contribution >= 0.6 is 0 Å². The molecule has 2 aromatic rings. The number of amides is 2. The van der Waals surface area contributed by atoms with Crippen LogP contribution in [0.3, 0.4) is 0 Å². The third-order valence-corrected chi connectivity index (χ3v) is 4.32. The quantitative estimate of drug-likeness (QED) is 0.780. The minimum absolute atomic E-state index is 0.0330. The van der Waals surface area contributed by atoms with Crippen LogP contribution in [0, 0.1) is 11.3 Å². The van der Waals surface area contributed by atoms with Gasteiger partial charge in [-0.15, -0.1) is 0 Å². The van der Waals surface area contributed by atoms with Crippen molar-refractivity contribution in [1.82, 2.24) is 0 Å². The van der Waals surface area contributed by atoms with Gasteiger partial charge in [0.05, 0.1) is 18.1 Å². The molecule has 0 unspecified atom stereocenters. The molecule has 2 aromatic carbocycles. The van der Waals surface area contributed by atoms with Crippen molar-refractivity contribution in [3.63, 3.8) is 0 Å². The molecule has 7 nitrogen and oxygen atoms in total. The summed E-state index contributed by atoms with van der Waals surface area (Å²) in [6.45, 7) is 0.207. The molecule has 1 aliphatic rings. The summed E-state index contributed by atoms with van der Waals surface area (Å²) in [6, 6.07) is 15.5. The zero-order chi connectivity index (χ0) is 19.9. The fourth-order valence-corrected chi connectivity index (χ4v) is 2.93. The van der Waals surface area contributed by atoms with Crippen molar-refractivity contribution in [2.24, 2.45) is 0 Å². The van der Waals surface area contributed by atoms with E-state index in [1.165, 1.54) is 0 Å². The van der Waals surface area contributed by atoms with Crippen molar-refractivity contribution in [2.45, 2.75) is 19.3 Å². The molecule has 1 N–H and O–H groups in total. The predicted molar refractivity (Wildman–Crippen MR) is 103 cm³/mol. The lowest BCUT2D eigenvalue weighted by molar-refractivity contribution is -0.119. The Hall–Kier alpha value is -3.66. The van der Waals surface area contributed by atoms with E-state index >= 15 is 0 Å². The highest BCUT2D eigenvalue weighted by molar-refractivity contribution is 5.98. The van der Waals surface area contributed by atoms with Gasteiger partial charge in [0.1, 0.15) is 0 Å². The van der Waals surface area contributed by atoms with Crippen LogP contribution in [0.2, 0.25) is 0 Å². The molecule has 0 aromatic heterocycles. The topological polar surface area (TPSA) is 99.5 Å². The number of hydrogen-bond donors (Lipinski definition) is 1. The van der Waals surface area contributed by atoms with Crippen molar-refractivity contribution >= 4 is 29.2 Å². The Kier molecular flexibility index (Phi) is 6.02. The van der Waals surface area contributed by atoms with Crippen LogP contribution in [-0.4, -0.2) is 30.9 Å². The maximum Gasteiger partial charge on any atom is 0.338 e. The first-order chi connectivity index (χ1) is 13.6. The Balaban J connectivity index is 1.54. The Morgan fingerprint density at radius 3 is 2.64 bits per heavy atom. The number of hydrogen-bond acceptors (Lipinski definition) is 5. The van der Waals surface area contributed by atoms with E-state index in [0.29, 0.717) is 30.8 Å². The first kappa shape index (κ1) is 19.1. The van der Waals surface area contributed by atoms with Gasteiger partial charge in [0.2, 0.25) is 5.91 Å². The van der Waals surface area contributed by atoms with Crippen molar-refractivity contribution < 1.29 is 19.1 Å². The molecule has 1 fully saturated rings. The number of rotatable bonds is 6. The van der Waals surface area contributed by atoms with E-state index in [9.17, 15) is 14.4 Å². The van der Waals surface area contributed by atoms with Gasteiger partial charge in [0.25, 0.3) is 5.91 Å². The number of nitrogens with one attached hydrogen (secondary N) is 1. The number of esters is 1. The summed E-state index contributed by atoms with van der Waals surface area (Å²) < 4.78 is 5.07. The van der Waals surface area contributed by atoms with Crippen LogP contribution < -0.4 is 10.2 Å². The van der Waals surface area contributed by atoms with E-state index in [1.54, 1.807) is 53.4 Å². The van der Waals surface area contributed by atoms with E-state index in [2.05, 4.69) is 11.4 Å². The van der Waals surface area contributed by atoms with Crippen LogP contribution in [-0.2, 0) is 20.7 Å². The first-order valence-corrected chi connectivity index (χ1v) is 8.90. The van der Waals surface area contributed by atoms with Gasteiger partial charge in [0, 0.05) is 24.3 Å². The second-order valence-corrected chi connectivity index (χ2v) is 6.36. The van der Waals surface area contributed by atoms with E-state index in [-0.39, 0.29) is 11.5 Å². The average Bonchev–Trinajstić information content (AvgIpc) is 3.14. The fourth-order valence-electron chi connectivity index (χ4n) is 2.93. The summed E-state index contributed by atoms with van der Waals surface area (Å²) in [4.78, 5) is 37.7. The van der Waals surface area contributed by atoms with Gasteiger partial charge in [-0.1, -0.05) is 18.2 Å². The molecule has 1 heterocycles. The summed E-state index contributed by atoms with van der Waals surface area (Å²) in [5.41, 5.74) is 2.34. The Labute approximate surface area is 162 Å². The number of anilines is 2. The molecule has 0 atom stereocenters. The molecular weight excluding hydrogens is 358 g/mol. The van der Waals surface area contributed by atoms with Gasteiger partial charge in [0.15, 0.2) is 6.61 Å². The highest BCUT2D eigenvalue weighted by atomic mass is 16.5. The number of ether oxygens (including phenoxy) is 1. The molecule has 0 bridgehead atoms. The van der Waals surface area contributed by atoms with Crippen LogP contribution in [0.25, 0.3) is 0 Å². The van der Waals surface area contributed by atoms with Crippen LogP contribution in [0.1, 0.15) is 28.8 Å². The molecule has 0 aliphatic carbocycles. The van der Waals surface area contributed by atoms with Crippen molar-refractivity contribution in [1.29, 1.82) is 5.26 Å². The van der Waals surface area contributed by atoms with Crippen molar-refractivity contribution in [3.05, 3.63) is 59.7 Å². The standard InChI is InChI=1S/C21H19N3O4/c22-11-10-15-6-8-17(9-7-15)23-19(25)14-28-21(27)16-3-1-4-18(13-16)24-12-2-5-20(24)26/h1,3-4,6-9,13H,2,5,10,12,14H2,(H,23,25). The zero-order valence-electron chi connectivity index (χ0n) is 15.2. The molecule has 0 saturated carbocycles. The second-order valence-electron chi connectivity index (χ2n) is 6.36. The summed E-state index contributed by atoms with van der Waals surface area (Å²) >= 11 is 0. The lowest BCUT2D eigenvalue weighted by Crippen LogP contribution is -2.24. The third kappa shape index (κ3) is 4.74. The Morgan fingerprint density at radius 2 is 1.96 bits per heavy atom. The van der Waals surface area contributed by atoms with Crippen LogP contribution in [0.5, 0.6) is 0 Å². The summed E-state index contributed by atoms with van der Waals surface area (Å²) in [5.74, 6) is -1.06. The number of nitrogens with zero attached hydrogens (tertiary/aromatic N) is 2. The largest absolute Gasteiger partial charge is 0.452 e. The summed E-state index contributed by atoms with van der Waals surface area (Å²) in [6.07, 6.45) is 1.60. The lowest BCUT2D eigenvalue weighted by atomic mass is 10.1. The summed E-state index contributed by atoms with van der Waals surface area (Å²) in [5, 5.41) is 11.3. The SMILES string of the molecule is N#CCc1ccc(NC(=O)COC(=O)c2cccc(N3CCCC3=O)c2)cc1. The minimum atomic E-state index is -0.631. The second kappa shape index (κ2) is 8.82. The maximum absolute atomic E-state index is 12.2. The van der Waals surface area contributed by atoms with E-state index in [4.69, 9.17) is 10.00 Å². The normalized spacial score (nSPS) is 13.1. The maximum atomic E-state index is 12.2. The number of carbonyl (C=O) groups is 3. The van der Waals surface area contributed by atoms with Gasteiger partial charge in [-0.05, 0) is 42.3 Å². The highest BCUT2D eigenvalue weighted by Crippen LogP contribution is 2.22. The predicted octanol–water partition coefficient (Wildman–Crippen LogP) is 2.67. The van der Waals surface area contributed by atoms with E-state index in [0.717, 1.165) is 12.0 Å². The molecule has 1 saturated heterocycles. The molecule has 1 aliphatic heterocycles. The van der Waals surface area contributed by atoms with Gasteiger partial charge in [-0.2, -0.15) is 5.26 Å². The molecule has 142 valence electrons. The molecule has 7 heteroatoms. The summed E-state index contributed by atoms with van der Waals surface area (Å²) in [7, 11) is 0. The molecule has 28 heavy (non-hydrogen) atoms. The molecule has 2 amide bonds. The third-order valence-electron chi connectivity index (χ3n) is 4.32.